The van der Waals surface area contributed by atoms with Crippen molar-refractivity contribution >= 4 is 12.1 Å². The van der Waals surface area contributed by atoms with E-state index in [1.807, 2.05) is 0 Å². The van der Waals surface area contributed by atoms with Gasteiger partial charge in [-0.05, 0) is 73.2 Å². The molecule has 1 amide bonds. The number of ether oxygens (including phenoxy) is 2. The summed E-state index contributed by atoms with van der Waals surface area (Å²) in [5.41, 5.74) is 0.440. The number of hydrogen-bond acceptors (Lipinski definition) is 7. The molecule has 1 aromatic heterocycles. The fraction of sp³-hybridized carbons (Fsp3) is 0.526. The van der Waals surface area contributed by atoms with Crippen molar-refractivity contribution < 1.29 is 19.1 Å². The molecule has 9 nitrogen and oxygen atoms in total. The lowest BCUT2D eigenvalue weighted by Crippen LogP contribution is -2.49. The summed E-state index contributed by atoms with van der Waals surface area (Å²) in [7, 11) is 1.34. The Morgan fingerprint density at radius 3 is 2.54 bits per heavy atom. The smallest absolute Gasteiger partial charge is 0.407 e. The zero-order chi connectivity index (χ0) is 20.1. The Morgan fingerprint density at radius 1 is 1.25 bits per heavy atom. The average molecular weight is 387 g/mol. The van der Waals surface area contributed by atoms with E-state index in [9.17, 15) is 9.59 Å². The lowest BCUT2D eigenvalue weighted by molar-refractivity contribution is 0.0526. The summed E-state index contributed by atoms with van der Waals surface area (Å²) >= 11 is 0. The van der Waals surface area contributed by atoms with E-state index in [0.717, 1.165) is 12.8 Å². The van der Waals surface area contributed by atoms with Gasteiger partial charge < -0.3 is 14.8 Å². The number of nitrogens with zero attached hydrogens (tertiary/aromatic N) is 4. The Morgan fingerprint density at radius 2 is 1.93 bits per heavy atom. The number of esters is 1. The number of carbonyl (C=O) groups is 2. The highest BCUT2D eigenvalue weighted by Crippen LogP contribution is 2.39. The molecule has 1 fully saturated rings. The Bertz CT molecular complexity index is 825. The molecule has 1 aliphatic rings. The van der Waals surface area contributed by atoms with Crippen LogP contribution in [0.3, 0.4) is 0 Å². The zero-order valence-corrected chi connectivity index (χ0v) is 16.3. The second kappa shape index (κ2) is 8.37. The zero-order valence-electron chi connectivity index (χ0n) is 16.3. The summed E-state index contributed by atoms with van der Waals surface area (Å²) < 4.78 is 11.4. The van der Waals surface area contributed by atoms with Crippen LogP contribution < -0.4 is 5.32 Å². The third kappa shape index (κ3) is 3.97. The first-order chi connectivity index (χ1) is 13.5. The van der Waals surface area contributed by atoms with Crippen LogP contribution in [0.2, 0.25) is 0 Å². The van der Waals surface area contributed by atoms with Gasteiger partial charge in [0.05, 0.1) is 25.0 Å². The number of nitrogens with one attached hydrogen (secondary N) is 1. The summed E-state index contributed by atoms with van der Waals surface area (Å²) in [6.45, 7) is 4.27. The summed E-state index contributed by atoms with van der Waals surface area (Å²) in [4.78, 5) is 23.9. The molecule has 0 unspecified atom stereocenters. The lowest BCUT2D eigenvalue weighted by atomic mass is 9.76. The predicted octanol–water partition coefficient (Wildman–Crippen LogP) is 2.60. The van der Waals surface area contributed by atoms with Crippen LogP contribution in [-0.2, 0) is 15.0 Å². The Balaban J connectivity index is 1.94. The SMILES string of the molecule is CCOC(=O)c1ccc(-n2nnnc2C2(NC(=O)OC)CCC(C)CC2)cc1. The van der Waals surface area contributed by atoms with E-state index in [0.29, 0.717) is 42.4 Å². The number of benzene rings is 1. The van der Waals surface area contributed by atoms with E-state index in [1.165, 1.54) is 7.11 Å². The normalized spacial score (nSPS) is 21.8. The largest absolute Gasteiger partial charge is 0.462 e. The Labute approximate surface area is 163 Å². The number of tetrazole rings is 1. The molecule has 0 bridgehead atoms. The van der Waals surface area contributed by atoms with Gasteiger partial charge in [0.2, 0.25) is 0 Å². The maximum atomic E-state index is 12.0. The van der Waals surface area contributed by atoms with E-state index < -0.39 is 11.6 Å². The summed E-state index contributed by atoms with van der Waals surface area (Å²) in [6, 6.07) is 6.84. The van der Waals surface area contributed by atoms with Crippen molar-refractivity contribution in [2.75, 3.05) is 13.7 Å². The van der Waals surface area contributed by atoms with Crippen molar-refractivity contribution in [1.29, 1.82) is 0 Å². The number of methoxy groups -OCH3 is 1. The first-order valence-corrected chi connectivity index (χ1v) is 9.41. The van der Waals surface area contributed by atoms with Crippen molar-refractivity contribution in [3.8, 4) is 5.69 Å². The molecule has 0 atom stereocenters. The first-order valence-electron chi connectivity index (χ1n) is 9.41. The van der Waals surface area contributed by atoms with Crippen molar-refractivity contribution in [2.24, 2.45) is 5.92 Å². The summed E-state index contributed by atoms with van der Waals surface area (Å²) in [6.07, 6.45) is 2.80. The number of carbonyl (C=O) groups excluding carboxylic acids is 2. The molecule has 1 aromatic carbocycles. The van der Waals surface area contributed by atoms with Gasteiger partial charge in [0.15, 0.2) is 5.82 Å². The van der Waals surface area contributed by atoms with Crippen LogP contribution in [0, 0.1) is 5.92 Å². The van der Waals surface area contributed by atoms with Crippen LogP contribution in [0.15, 0.2) is 24.3 Å². The van der Waals surface area contributed by atoms with Crippen LogP contribution in [0.25, 0.3) is 5.69 Å². The highest BCUT2D eigenvalue weighted by atomic mass is 16.5. The van der Waals surface area contributed by atoms with E-state index in [2.05, 4.69) is 27.8 Å². The second-order valence-electron chi connectivity index (χ2n) is 7.06. The number of amides is 1. The highest BCUT2D eigenvalue weighted by molar-refractivity contribution is 5.89. The van der Waals surface area contributed by atoms with E-state index in [-0.39, 0.29) is 5.97 Å². The number of hydrogen-bond donors (Lipinski definition) is 1. The van der Waals surface area contributed by atoms with Gasteiger partial charge in [-0.3, -0.25) is 0 Å². The molecule has 1 aliphatic carbocycles. The van der Waals surface area contributed by atoms with Crippen LogP contribution in [0.1, 0.15) is 55.7 Å². The molecule has 0 radical (unpaired) electrons. The van der Waals surface area contributed by atoms with Crippen molar-refractivity contribution in [3.05, 3.63) is 35.7 Å². The third-order valence-corrected chi connectivity index (χ3v) is 5.18. The molecular formula is C19H25N5O4. The van der Waals surface area contributed by atoms with E-state index >= 15 is 0 Å². The summed E-state index contributed by atoms with van der Waals surface area (Å²) in [5, 5.41) is 15.1. The van der Waals surface area contributed by atoms with Crippen molar-refractivity contribution in [1.82, 2.24) is 25.5 Å². The maximum Gasteiger partial charge on any atom is 0.407 e. The van der Waals surface area contributed by atoms with E-state index in [4.69, 9.17) is 9.47 Å². The van der Waals surface area contributed by atoms with Crippen LogP contribution in [0.4, 0.5) is 4.79 Å². The molecule has 1 heterocycles. The number of aromatic nitrogens is 4. The fourth-order valence-electron chi connectivity index (χ4n) is 3.52. The molecule has 1 saturated carbocycles. The van der Waals surface area contributed by atoms with Gasteiger partial charge in [-0.15, -0.1) is 5.10 Å². The van der Waals surface area contributed by atoms with Gasteiger partial charge in [-0.1, -0.05) is 6.92 Å². The molecule has 9 heteroatoms. The fourth-order valence-corrected chi connectivity index (χ4v) is 3.52. The van der Waals surface area contributed by atoms with Gasteiger partial charge >= 0.3 is 12.1 Å². The van der Waals surface area contributed by atoms with Gasteiger partial charge in [0.25, 0.3) is 0 Å². The molecule has 2 aromatic rings. The topological polar surface area (TPSA) is 108 Å². The van der Waals surface area contributed by atoms with Gasteiger partial charge in [0, 0.05) is 0 Å². The maximum absolute atomic E-state index is 12.0. The molecule has 150 valence electrons. The second-order valence-corrected chi connectivity index (χ2v) is 7.06. The van der Waals surface area contributed by atoms with Crippen LogP contribution >= 0.6 is 0 Å². The van der Waals surface area contributed by atoms with Crippen LogP contribution in [0.5, 0.6) is 0 Å². The minimum absolute atomic E-state index is 0.317. The Kier molecular flexibility index (Phi) is 5.91. The molecule has 1 N–H and O–H groups in total. The van der Waals surface area contributed by atoms with Gasteiger partial charge in [-0.25, -0.2) is 9.59 Å². The van der Waals surface area contributed by atoms with E-state index in [1.54, 1.807) is 35.9 Å². The standard InChI is InChI=1S/C19H25N5O4/c1-4-28-16(25)14-5-7-15(8-6-14)24-17(21-22-23-24)19(20-18(26)27-3)11-9-13(2)10-12-19/h5-8,13H,4,9-12H2,1-3H3,(H,20,26). The minimum atomic E-state index is -0.705. The van der Waals surface area contributed by atoms with Crippen molar-refractivity contribution in [2.45, 2.75) is 45.1 Å². The molecule has 0 aliphatic heterocycles. The lowest BCUT2D eigenvalue weighted by Gasteiger charge is -2.38. The first kappa shape index (κ1) is 19.8. The Hall–Kier alpha value is -2.97. The number of rotatable bonds is 5. The highest BCUT2D eigenvalue weighted by Gasteiger charge is 2.42. The third-order valence-electron chi connectivity index (χ3n) is 5.18. The van der Waals surface area contributed by atoms with Crippen molar-refractivity contribution in [3.63, 3.8) is 0 Å². The average Bonchev–Trinajstić information content (AvgIpc) is 3.21. The van der Waals surface area contributed by atoms with Gasteiger partial charge in [0.1, 0.15) is 5.54 Å². The van der Waals surface area contributed by atoms with Crippen LogP contribution in [-0.4, -0.2) is 46.0 Å². The quantitative estimate of drug-likeness (QED) is 0.786. The summed E-state index contributed by atoms with van der Waals surface area (Å²) in [5.74, 6) is 0.741. The molecule has 0 saturated heterocycles. The number of alkyl carbamates (subject to hydrolysis) is 1. The van der Waals surface area contributed by atoms with Gasteiger partial charge in [-0.2, -0.15) is 4.68 Å². The predicted molar refractivity (Wildman–Crippen MR) is 100.0 cm³/mol. The monoisotopic (exact) mass is 387 g/mol. The molecular weight excluding hydrogens is 362 g/mol. The molecule has 28 heavy (non-hydrogen) atoms. The minimum Gasteiger partial charge on any atom is -0.462 e. The molecule has 0 spiro atoms. The molecule has 3 rings (SSSR count).